The summed E-state index contributed by atoms with van der Waals surface area (Å²) in [6.07, 6.45) is 6.73. The Bertz CT molecular complexity index is 1190. The lowest BCUT2D eigenvalue weighted by molar-refractivity contribution is -0.0494. The Balaban J connectivity index is 1.72. The highest BCUT2D eigenvalue weighted by Crippen LogP contribution is 2.39. The largest absolute Gasteiger partial charge is 0.434 e. The number of H-pyrrole nitrogens is 1. The van der Waals surface area contributed by atoms with Gasteiger partial charge in [-0.15, -0.1) is 0 Å². The summed E-state index contributed by atoms with van der Waals surface area (Å²) >= 11 is 0. The molecule has 5 rings (SSSR count). The summed E-state index contributed by atoms with van der Waals surface area (Å²) in [5.74, 6) is 1.18. The van der Waals surface area contributed by atoms with E-state index in [1.54, 1.807) is 24.4 Å². The van der Waals surface area contributed by atoms with E-state index in [0.29, 0.717) is 28.4 Å². The molecule has 4 aromatic rings. The van der Waals surface area contributed by atoms with Crippen LogP contribution in [0.3, 0.4) is 0 Å². The van der Waals surface area contributed by atoms with Crippen molar-refractivity contribution in [3.63, 3.8) is 0 Å². The van der Waals surface area contributed by atoms with Gasteiger partial charge < -0.3 is 15.0 Å². The molecular weight excluding hydrogens is 404 g/mol. The number of pyridine rings is 1. The molecule has 0 radical (unpaired) electrons. The number of ether oxygens (including phenoxy) is 1. The molecule has 160 valence electrons. The van der Waals surface area contributed by atoms with Gasteiger partial charge in [-0.05, 0) is 43.9 Å². The zero-order chi connectivity index (χ0) is 21.4. The van der Waals surface area contributed by atoms with Crippen molar-refractivity contribution in [3.05, 3.63) is 42.9 Å². The Hall–Kier alpha value is -3.40. The Kier molecular flexibility index (Phi) is 5.06. The fourth-order valence-corrected chi connectivity index (χ4v) is 4.30. The third-order valence-electron chi connectivity index (χ3n) is 5.63. The number of nitrogens with one attached hydrogen (secondary N) is 1. The number of rotatable bonds is 5. The lowest BCUT2D eigenvalue weighted by Crippen LogP contribution is -2.29. The van der Waals surface area contributed by atoms with E-state index in [9.17, 15) is 8.78 Å². The number of benzene rings is 1. The van der Waals surface area contributed by atoms with E-state index in [0.717, 1.165) is 31.2 Å². The molecule has 0 unspecified atom stereocenters. The number of nitrogens with two attached hydrogens (primary N) is 1. The van der Waals surface area contributed by atoms with Crippen LogP contribution in [0.1, 0.15) is 31.7 Å². The van der Waals surface area contributed by atoms with Crippen molar-refractivity contribution in [3.8, 4) is 28.7 Å². The molecule has 1 aliphatic carbocycles. The molecule has 1 saturated carbocycles. The van der Waals surface area contributed by atoms with E-state index in [2.05, 4.69) is 24.7 Å². The van der Waals surface area contributed by atoms with Crippen LogP contribution in [0.5, 0.6) is 5.75 Å². The fourth-order valence-electron chi connectivity index (χ4n) is 4.30. The lowest BCUT2D eigenvalue weighted by Gasteiger charge is -2.29. The van der Waals surface area contributed by atoms with Crippen molar-refractivity contribution in [1.82, 2.24) is 29.7 Å². The molecule has 3 N–H and O–H groups in total. The molecule has 31 heavy (non-hydrogen) atoms. The maximum Gasteiger partial charge on any atom is 0.387 e. The number of aromatic amines is 1. The number of aromatic nitrogens is 6. The van der Waals surface area contributed by atoms with Gasteiger partial charge in [-0.2, -0.15) is 13.9 Å². The first-order valence-corrected chi connectivity index (χ1v) is 10.1. The van der Waals surface area contributed by atoms with Crippen LogP contribution in [-0.2, 0) is 0 Å². The third kappa shape index (κ3) is 3.74. The Morgan fingerprint density at radius 1 is 1.19 bits per heavy atom. The van der Waals surface area contributed by atoms with Crippen molar-refractivity contribution in [1.29, 1.82) is 0 Å². The van der Waals surface area contributed by atoms with Gasteiger partial charge in [0.1, 0.15) is 29.1 Å². The fraction of sp³-hybridized carbons (Fsp3) is 0.333. The van der Waals surface area contributed by atoms with Crippen LogP contribution in [0.25, 0.3) is 33.9 Å². The topological polar surface area (TPSA) is 108 Å². The number of alkyl halides is 2. The number of halogens is 2. The van der Waals surface area contributed by atoms with Crippen LogP contribution in [0.4, 0.5) is 8.78 Å². The van der Waals surface area contributed by atoms with Crippen LogP contribution in [0.15, 0.2) is 42.9 Å². The van der Waals surface area contributed by atoms with Gasteiger partial charge in [0.2, 0.25) is 0 Å². The molecule has 8 nitrogen and oxygen atoms in total. The monoisotopic (exact) mass is 425 g/mol. The first kappa shape index (κ1) is 19.6. The van der Waals surface area contributed by atoms with Gasteiger partial charge in [-0.1, -0.05) is 12.1 Å². The van der Waals surface area contributed by atoms with Crippen LogP contribution in [0, 0.1) is 0 Å². The zero-order valence-electron chi connectivity index (χ0n) is 16.6. The van der Waals surface area contributed by atoms with Crippen LogP contribution >= 0.6 is 0 Å². The smallest absolute Gasteiger partial charge is 0.387 e. The summed E-state index contributed by atoms with van der Waals surface area (Å²) in [6.45, 7) is -2.93. The quantitative estimate of drug-likeness (QED) is 0.502. The van der Waals surface area contributed by atoms with Crippen molar-refractivity contribution in [2.45, 2.75) is 44.4 Å². The minimum atomic E-state index is -2.93. The van der Waals surface area contributed by atoms with Crippen molar-refractivity contribution < 1.29 is 13.5 Å². The second-order valence-corrected chi connectivity index (χ2v) is 7.65. The predicted molar refractivity (Wildman–Crippen MR) is 110 cm³/mol. The van der Waals surface area contributed by atoms with Gasteiger partial charge in [0.25, 0.3) is 0 Å². The molecule has 2 atom stereocenters. The van der Waals surface area contributed by atoms with Crippen molar-refractivity contribution >= 4 is 11.0 Å². The summed E-state index contributed by atoms with van der Waals surface area (Å²) < 4.78 is 33.0. The molecule has 0 bridgehead atoms. The summed E-state index contributed by atoms with van der Waals surface area (Å²) in [4.78, 5) is 13.4. The zero-order valence-corrected chi connectivity index (χ0v) is 16.6. The van der Waals surface area contributed by atoms with Gasteiger partial charge in [0.05, 0.1) is 17.3 Å². The molecule has 1 aliphatic rings. The van der Waals surface area contributed by atoms with Gasteiger partial charge >= 0.3 is 6.61 Å². The molecule has 0 saturated heterocycles. The normalized spacial score (nSPS) is 19.2. The van der Waals surface area contributed by atoms with Crippen molar-refractivity contribution in [2.75, 3.05) is 0 Å². The standard InChI is InChI=1S/C21H21F2N7O/c22-21(23)31-18-7-2-1-6-14(18)20-28-16-10-25-15(19-26-11-27-29-19)9-17(16)30(20)13-5-3-4-12(24)8-13/h1-2,6-7,9-13,21H,3-5,8,24H2,(H,26,27,29)/t12-,13+/m0/s1. The van der Waals surface area contributed by atoms with E-state index < -0.39 is 6.61 Å². The highest BCUT2D eigenvalue weighted by atomic mass is 19.3. The molecule has 3 aromatic heterocycles. The number of para-hydroxylation sites is 1. The number of hydrogen-bond acceptors (Lipinski definition) is 6. The van der Waals surface area contributed by atoms with Gasteiger partial charge in [-0.3, -0.25) is 10.1 Å². The summed E-state index contributed by atoms with van der Waals surface area (Å²) in [6, 6.07) is 8.75. The molecule has 0 aliphatic heterocycles. The molecular formula is C21H21F2N7O. The van der Waals surface area contributed by atoms with Crippen LogP contribution in [-0.4, -0.2) is 42.4 Å². The first-order chi connectivity index (χ1) is 15.1. The second kappa shape index (κ2) is 8.03. The average Bonchev–Trinajstić information content (AvgIpc) is 3.41. The van der Waals surface area contributed by atoms with E-state index in [4.69, 9.17) is 15.5 Å². The third-order valence-corrected chi connectivity index (χ3v) is 5.63. The number of hydrogen-bond donors (Lipinski definition) is 2. The second-order valence-electron chi connectivity index (χ2n) is 7.65. The molecule has 1 fully saturated rings. The molecule has 0 amide bonds. The number of fused-ring (bicyclic) bond motifs is 1. The number of nitrogens with zero attached hydrogens (tertiary/aromatic N) is 5. The average molecular weight is 425 g/mol. The SMILES string of the molecule is N[C@H]1CCC[C@@H](n2c(-c3ccccc3OC(F)F)nc3cnc(-c4ncn[nH]4)cc32)C1. The van der Waals surface area contributed by atoms with Gasteiger partial charge in [0, 0.05) is 12.1 Å². The van der Waals surface area contributed by atoms with E-state index in [-0.39, 0.29) is 17.8 Å². The molecule has 10 heteroatoms. The Morgan fingerprint density at radius 3 is 2.84 bits per heavy atom. The highest BCUT2D eigenvalue weighted by molar-refractivity contribution is 5.84. The maximum atomic E-state index is 13.0. The molecule has 3 heterocycles. The minimum Gasteiger partial charge on any atom is -0.434 e. The van der Waals surface area contributed by atoms with Crippen LogP contribution < -0.4 is 10.5 Å². The molecule has 1 aromatic carbocycles. The molecule has 0 spiro atoms. The summed E-state index contributed by atoms with van der Waals surface area (Å²) in [5, 5.41) is 6.71. The van der Waals surface area contributed by atoms with E-state index >= 15 is 0 Å². The maximum absolute atomic E-state index is 13.0. The van der Waals surface area contributed by atoms with Crippen LogP contribution in [0.2, 0.25) is 0 Å². The van der Waals surface area contributed by atoms with Gasteiger partial charge in [0.15, 0.2) is 5.82 Å². The first-order valence-electron chi connectivity index (χ1n) is 10.1. The lowest BCUT2D eigenvalue weighted by atomic mass is 9.91. The van der Waals surface area contributed by atoms with E-state index in [1.165, 1.54) is 12.4 Å². The minimum absolute atomic E-state index is 0.0761. The van der Waals surface area contributed by atoms with Gasteiger partial charge in [-0.25, -0.2) is 9.97 Å². The van der Waals surface area contributed by atoms with Crippen molar-refractivity contribution in [2.24, 2.45) is 5.73 Å². The number of imidazole rings is 1. The summed E-state index contributed by atoms with van der Waals surface area (Å²) in [7, 11) is 0. The Morgan fingerprint density at radius 2 is 2.06 bits per heavy atom. The predicted octanol–water partition coefficient (Wildman–Crippen LogP) is 3.93. The Labute approximate surface area is 176 Å². The van der Waals surface area contributed by atoms with E-state index in [1.807, 2.05) is 6.07 Å². The summed E-state index contributed by atoms with van der Waals surface area (Å²) in [5.41, 5.74) is 8.89. The highest BCUT2D eigenvalue weighted by Gasteiger charge is 2.27.